The highest BCUT2D eigenvalue weighted by atomic mass is 32.2. The number of nitrogens with one attached hydrogen (secondary N) is 1. The van der Waals surface area contributed by atoms with Crippen molar-refractivity contribution in [3.8, 4) is 0 Å². The zero-order valence-corrected chi connectivity index (χ0v) is 18.6. The van der Waals surface area contributed by atoms with Crippen LogP contribution in [0.2, 0.25) is 0 Å². The van der Waals surface area contributed by atoms with E-state index in [4.69, 9.17) is 4.74 Å². The number of sulfonamides is 1. The molecule has 0 unspecified atom stereocenters. The summed E-state index contributed by atoms with van der Waals surface area (Å²) in [6.45, 7) is 6.41. The Labute approximate surface area is 184 Å². The van der Waals surface area contributed by atoms with Crippen LogP contribution in [0, 0.1) is 5.92 Å². The zero-order valence-electron chi connectivity index (χ0n) is 17.8. The number of benzene rings is 2. The van der Waals surface area contributed by atoms with Crippen molar-refractivity contribution in [3.05, 3.63) is 54.1 Å². The molecule has 1 N–H and O–H groups in total. The maximum atomic E-state index is 12.8. The molecule has 0 saturated carbocycles. The molecule has 166 valence electrons. The third-order valence-corrected chi connectivity index (χ3v) is 7.91. The topological polar surface area (TPSA) is 79.0 Å². The van der Waals surface area contributed by atoms with Gasteiger partial charge < -0.3 is 15.0 Å². The number of piperidine rings is 1. The van der Waals surface area contributed by atoms with Crippen molar-refractivity contribution in [2.75, 3.05) is 49.6 Å². The van der Waals surface area contributed by atoms with Crippen LogP contribution >= 0.6 is 0 Å². The Morgan fingerprint density at radius 3 is 2.16 bits per heavy atom. The van der Waals surface area contributed by atoms with E-state index in [-0.39, 0.29) is 10.8 Å². The van der Waals surface area contributed by atoms with Crippen LogP contribution in [0.5, 0.6) is 0 Å². The molecule has 2 aliphatic heterocycles. The Balaban J connectivity index is 1.39. The van der Waals surface area contributed by atoms with E-state index in [1.165, 1.54) is 16.4 Å². The summed E-state index contributed by atoms with van der Waals surface area (Å²) in [5.41, 5.74) is 2.22. The van der Waals surface area contributed by atoms with E-state index in [0.29, 0.717) is 30.3 Å². The summed E-state index contributed by atoms with van der Waals surface area (Å²) in [5, 5.41) is 2.87. The van der Waals surface area contributed by atoms with Crippen molar-refractivity contribution in [2.45, 2.75) is 24.7 Å². The molecule has 0 radical (unpaired) electrons. The number of nitrogens with zero attached hydrogens (tertiary/aromatic N) is 2. The first kappa shape index (κ1) is 21.8. The SMILES string of the molecule is CC1CCN(S(=O)(=O)c2ccc(C(=O)Nc3ccc(N4CCOCC4)cc3)cc2)CC1. The lowest BCUT2D eigenvalue weighted by Crippen LogP contribution is -2.37. The van der Waals surface area contributed by atoms with Crippen molar-refractivity contribution in [3.63, 3.8) is 0 Å². The van der Waals surface area contributed by atoms with Crippen LogP contribution in [0.4, 0.5) is 11.4 Å². The van der Waals surface area contributed by atoms with Gasteiger partial charge in [-0.15, -0.1) is 0 Å². The number of ether oxygens (including phenoxy) is 1. The van der Waals surface area contributed by atoms with Crippen LogP contribution in [0.15, 0.2) is 53.4 Å². The van der Waals surface area contributed by atoms with E-state index in [0.717, 1.165) is 44.8 Å². The first-order valence-corrected chi connectivity index (χ1v) is 12.2. The second-order valence-electron chi connectivity index (χ2n) is 8.21. The molecule has 0 atom stereocenters. The van der Waals surface area contributed by atoms with Gasteiger partial charge in [0, 0.05) is 43.1 Å². The lowest BCUT2D eigenvalue weighted by atomic mass is 10.0. The van der Waals surface area contributed by atoms with Gasteiger partial charge in [0.25, 0.3) is 5.91 Å². The Bertz CT molecular complexity index is 992. The predicted octanol–water partition coefficient (Wildman–Crippen LogP) is 3.20. The summed E-state index contributed by atoms with van der Waals surface area (Å²) >= 11 is 0. The van der Waals surface area contributed by atoms with Crippen LogP contribution < -0.4 is 10.2 Å². The zero-order chi connectivity index (χ0) is 21.8. The van der Waals surface area contributed by atoms with Gasteiger partial charge >= 0.3 is 0 Å². The lowest BCUT2D eigenvalue weighted by Gasteiger charge is -2.29. The summed E-state index contributed by atoms with van der Waals surface area (Å²) in [4.78, 5) is 15.1. The summed E-state index contributed by atoms with van der Waals surface area (Å²) in [5.74, 6) is 0.287. The molecule has 0 aliphatic carbocycles. The maximum Gasteiger partial charge on any atom is 0.255 e. The number of carbonyl (C=O) groups is 1. The van der Waals surface area contributed by atoms with E-state index < -0.39 is 10.0 Å². The smallest absolute Gasteiger partial charge is 0.255 e. The van der Waals surface area contributed by atoms with Gasteiger partial charge in [-0.3, -0.25) is 4.79 Å². The standard InChI is InChI=1S/C23H29N3O4S/c1-18-10-12-26(13-11-18)31(28,29)22-8-2-19(3-9-22)23(27)24-20-4-6-21(7-5-20)25-14-16-30-17-15-25/h2-9,18H,10-17H2,1H3,(H,24,27). The molecule has 7 nitrogen and oxygen atoms in total. The molecule has 2 saturated heterocycles. The van der Waals surface area contributed by atoms with E-state index >= 15 is 0 Å². The summed E-state index contributed by atoms with van der Waals surface area (Å²) in [6.07, 6.45) is 1.76. The van der Waals surface area contributed by atoms with Gasteiger partial charge in [0.05, 0.1) is 18.1 Å². The van der Waals surface area contributed by atoms with Crippen LogP contribution in [-0.2, 0) is 14.8 Å². The van der Waals surface area contributed by atoms with Crippen molar-refractivity contribution < 1.29 is 17.9 Å². The second kappa shape index (κ2) is 9.38. The van der Waals surface area contributed by atoms with Crippen molar-refractivity contribution in [1.29, 1.82) is 0 Å². The summed E-state index contributed by atoms with van der Waals surface area (Å²) in [7, 11) is -3.51. The molecular formula is C23H29N3O4S. The number of amides is 1. The quantitative estimate of drug-likeness (QED) is 0.768. The Morgan fingerprint density at radius 2 is 1.55 bits per heavy atom. The largest absolute Gasteiger partial charge is 0.378 e. The third kappa shape index (κ3) is 5.08. The minimum absolute atomic E-state index is 0.230. The van der Waals surface area contributed by atoms with Gasteiger partial charge in [-0.1, -0.05) is 6.92 Å². The molecule has 1 amide bonds. The lowest BCUT2D eigenvalue weighted by molar-refractivity contribution is 0.102. The minimum atomic E-state index is -3.51. The molecule has 4 rings (SSSR count). The number of hydrogen-bond acceptors (Lipinski definition) is 5. The fourth-order valence-corrected chi connectivity index (χ4v) is 5.40. The molecule has 2 aliphatic rings. The minimum Gasteiger partial charge on any atom is -0.378 e. The van der Waals surface area contributed by atoms with Gasteiger partial charge in [-0.05, 0) is 67.3 Å². The summed E-state index contributed by atoms with van der Waals surface area (Å²) in [6, 6.07) is 13.9. The normalized spacial score (nSPS) is 18.7. The van der Waals surface area contributed by atoms with Crippen LogP contribution in [0.1, 0.15) is 30.1 Å². The fourth-order valence-electron chi connectivity index (χ4n) is 3.93. The highest BCUT2D eigenvalue weighted by Crippen LogP contribution is 2.24. The molecule has 0 bridgehead atoms. The molecule has 0 spiro atoms. The fraction of sp³-hybridized carbons (Fsp3) is 0.435. The third-order valence-electron chi connectivity index (χ3n) is 6.00. The van der Waals surface area contributed by atoms with Gasteiger partial charge in [-0.25, -0.2) is 8.42 Å². The number of rotatable bonds is 5. The molecule has 31 heavy (non-hydrogen) atoms. The van der Waals surface area contributed by atoms with Gasteiger partial charge in [0.1, 0.15) is 0 Å². The van der Waals surface area contributed by atoms with Crippen LogP contribution in [-0.4, -0.2) is 58.0 Å². The predicted molar refractivity (Wildman–Crippen MR) is 121 cm³/mol. The molecule has 0 aromatic heterocycles. The van der Waals surface area contributed by atoms with Crippen molar-refractivity contribution in [2.24, 2.45) is 5.92 Å². The Hall–Kier alpha value is -2.42. The number of hydrogen-bond donors (Lipinski definition) is 1. The molecule has 2 heterocycles. The van der Waals surface area contributed by atoms with Crippen molar-refractivity contribution >= 4 is 27.3 Å². The van der Waals surface area contributed by atoms with Gasteiger partial charge in [-0.2, -0.15) is 4.31 Å². The van der Waals surface area contributed by atoms with E-state index in [9.17, 15) is 13.2 Å². The molecule has 2 fully saturated rings. The first-order valence-electron chi connectivity index (χ1n) is 10.8. The summed E-state index contributed by atoms with van der Waals surface area (Å²) < 4.78 is 32.6. The number of anilines is 2. The first-order chi connectivity index (χ1) is 14.9. The van der Waals surface area contributed by atoms with Crippen LogP contribution in [0.25, 0.3) is 0 Å². The Kier molecular flexibility index (Phi) is 6.60. The Morgan fingerprint density at radius 1 is 0.935 bits per heavy atom. The maximum absolute atomic E-state index is 12.8. The number of morpholine rings is 1. The average molecular weight is 444 g/mol. The van der Waals surface area contributed by atoms with Gasteiger partial charge in [0.15, 0.2) is 0 Å². The van der Waals surface area contributed by atoms with Crippen LogP contribution in [0.3, 0.4) is 0 Å². The molecule has 8 heteroatoms. The average Bonchev–Trinajstić information content (AvgIpc) is 2.80. The molecule has 2 aromatic carbocycles. The number of carbonyl (C=O) groups excluding carboxylic acids is 1. The van der Waals surface area contributed by atoms with Gasteiger partial charge in [0.2, 0.25) is 10.0 Å². The molecule has 2 aromatic rings. The monoisotopic (exact) mass is 443 g/mol. The molecular weight excluding hydrogens is 414 g/mol. The van der Waals surface area contributed by atoms with E-state index in [2.05, 4.69) is 17.1 Å². The van der Waals surface area contributed by atoms with Crippen molar-refractivity contribution in [1.82, 2.24) is 4.31 Å². The highest BCUT2D eigenvalue weighted by Gasteiger charge is 2.28. The second-order valence-corrected chi connectivity index (χ2v) is 10.1. The van der Waals surface area contributed by atoms with E-state index in [1.54, 1.807) is 12.1 Å². The van der Waals surface area contributed by atoms with E-state index in [1.807, 2.05) is 24.3 Å². The highest BCUT2D eigenvalue weighted by molar-refractivity contribution is 7.89.